The van der Waals surface area contributed by atoms with E-state index in [2.05, 4.69) is 51.8 Å². The summed E-state index contributed by atoms with van der Waals surface area (Å²) < 4.78 is 5.96. The van der Waals surface area contributed by atoms with Gasteiger partial charge >= 0.3 is 0 Å². The first-order chi connectivity index (χ1) is 8.50. The van der Waals surface area contributed by atoms with Gasteiger partial charge in [-0.3, -0.25) is 0 Å². The molecule has 0 bridgehead atoms. The van der Waals surface area contributed by atoms with E-state index in [0.29, 0.717) is 11.8 Å². The number of anilines is 1. The van der Waals surface area contributed by atoms with Crippen LogP contribution in [0.1, 0.15) is 57.1 Å². The zero-order valence-electron chi connectivity index (χ0n) is 12.3. The molecule has 0 atom stereocenters. The molecule has 0 N–H and O–H groups in total. The number of benzene rings is 1. The largest absolute Gasteiger partial charge is 0.491 e. The summed E-state index contributed by atoms with van der Waals surface area (Å²) in [5, 5.41) is 0. The highest BCUT2D eigenvalue weighted by molar-refractivity contribution is 5.66. The maximum Gasteiger partial charge on any atom is 0.143 e. The van der Waals surface area contributed by atoms with Gasteiger partial charge in [0.1, 0.15) is 5.75 Å². The normalized spacial score (nSPS) is 15.6. The first kappa shape index (κ1) is 13.3. The van der Waals surface area contributed by atoms with Crippen molar-refractivity contribution < 1.29 is 4.74 Å². The molecule has 1 aliphatic heterocycles. The van der Waals surface area contributed by atoms with Crippen molar-refractivity contribution in [2.45, 2.75) is 46.0 Å². The van der Waals surface area contributed by atoms with Crippen LogP contribution < -0.4 is 9.64 Å². The van der Waals surface area contributed by atoms with E-state index in [1.165, 1.54) is 16.8 Å². The molecule has 2 rings (SSSR count). The van der Waals surface area contributed by atoms with Gasteiger partial charge in [-0.25, -0.2) is 0 Å². The number of rotatable bonds is 2. The second kappa shape index (κ2) is 5.21. The highest BCUT2D eigenvalue weighted by Crippen LogP contribution is 2.40. The summed E-state index contributed by atoms with van der Waals surface area (Å²) in [5.74, 6) is 2.15. The number of fused-ring (bicyclic) bond motifs is 1. The number of hydrogen-bond acceptors (Lipinski definition) is 2. The minimum absolute atomic E-state index is 0.529. The fourth-order valence-electron chi connectivity index (χ4n) is 2.54. The molecule has 1 heterocycles. The standard InChI is InChI=1S/C16H25NO/c1-11(2)13-9-14(12(3)4)16-15(10-13)18-8-6-7-17(16)5/h9-12H,6-8H2,1-5H3. The molecule has 100 valence electrons. The average molecular weight is 247 g/mol. The summed E-state index contributed by atoms with van der Waals surface area (Å²) in [4.78, 5) is 2.35. The Morgan fingerprint density at radius 3 is 2.44 bits per heavy atom. The van der Waals surface area contributed by atoms with Gasteiger partial charge in [0.25, 0.3) is 0 Å². The minimum Gasteiger partial charge on any atom is -0.491 e. The average Bonchev–Trinajstić information content (AvgIpc) is 2.50. The Morgan fingerprint density at radius 2 is 1.83 bits per heavy atom. The van der Waals surface area contributed by atoms with Crippen molar-refractivity contribution in [2.75, 3.05) is 25.1 Å². The molecule has 0 fully saturated rings. The fraction of sp³-hybridized carbons (Fsp3) is 0.625. The maximum absolute atomic E-state index is 5.96. The van der Waals surface area contributed by atoms with Crippen molar-refractivity contribution in [3.8, 4) is 5.75 Å². The molecule has 2 nitrogen and oxygen atoms in total. The maximum atomic E-state index is 5.96. The molecule has 0 radical (unpaired) electrons. The summed E-state index contributed by atoms with van der Waals surface area (Å²) in [6, 6.07) is 4.59. The lowest BCUT2D eigenvalue weighted by molar-refractivity contribution is 0.322. The van der Waals surface area contributed by atoms with Crippen molar-refractivity contribution in [1.29, 1.82) is 0 Å². The highest BCUT2D eigenvalue weighted by atomic mass is 16.5. The lowest BCUT2D eigenvalue weighted by atomic mass is 9.93. The van der Waals surface area contributed by atoms with Crippen molar-refractivity contribution in [3.63, 3.8) is 0 Å². The third-order valence-electron chi connectivity index (χ3n) is 3.69. The first-order valence-electron chi connectivity index (χ1n) is 7.02. The number of nitrogens with zero attached hydrogens (tertiary/aromatic N) is 1. The van der Waals surface area contributed by atoms with Crippen molar-refractivity contribution >= 4 is 5.69 Å². The van der Waals surface area contributed by atoms with Gasteiger partial charge in [0.05, 0.1) is 12.3 Å². The molecule has 0 saturated heterocycles. The van der Waals surface area contributed by atoms with Crippen LogP contribution in [0.4, 0.5) is 5.69 Å². The molecule has 0 saturated carbocycles. The van der Waals surface area contributed by atoms with Gasteiger partial charge in [-0.15, -0.1) is 0 Å². The summed E-state index contributed by atoms with van der Waals surface area (Å²) in [6.07, 6.45) is 1.10. The van der Waals surface area contributed by atoms with Gasteiger partial charge in [-0.05, 0) is 35.4 Å². The molecule has 2 heteroatoms. The van der Waals surface area contributed by atoms with Crippen LogP contribution in [-0.4, -0.2) is 20.2 Å². The minimum atomic E-state index is 0.529. The van der Waals surface area contributed by atoms with Crippen molar-refractivity contribution in [3.05, 3.63) is 23.3 Å². The summed E-state index contributed by atoms with van der Waals surface area (Å²) in [7, 11) is 2.18. The number of hydrogen-bond donors (Lipinski definition) is 0. The van der Waals surface area contributed by atoms with Crippen LogP contribution in [-0.2, 0) is 0 Å². The van der Waals surface area contributed by atoms with E-state index in [9.17, 15) is 0 Å². The van der Waals surface area contributed by atoms with Crippen LogP contribution >= 0.6 is 0 Å². The molecule has 0 amide bonds. The third kappa shape index (κ3) is 2.47. The first-order valence-corrected chi connectivity index (χ1v) is 7.02. The van der Waals surface area contributed by atoms with Gasteiger partial charge in [-0.1, -0.05) is 33.8 Å². The van der Waals surface area contributed by atoms with E-state index in [4.69, 9.17) is 4.74 Å². The Morgan fingerprint density at radius 1 is 1.11 bits per heavy atom. The summed E-state index contributed by atoms with van der Waals surface area (Å²) >= 11 is 0. The second-order valence-electron chi connectivity index (χ2n) is 5.89. The summed E-state index contributed by atoms with van der Waals surface area (Å²) in [6.45, 7) is 10.9. The van der Waals surface area contributed by atoms with Gasteiger partial charge in [0.15, 0.2) is 0 Å². The van der Waals surface area contributed by atoms with Crippen LogP contribution in [0.2, 0.25) is 0 Å². The van der Waals surface area contributed by atoms with E-state index in [0.717, 1.165) is 25.3 Å². The molecular weight excluding hydrogens is 222 g/mol. The van der Waals surface area contributed by atoms with Crippen molar-refractivity contribution in [2.24, 2.45) is 0 Å². The molecule has 1 aliphatic rings. The number of ether oxygens (including phenoxy) is 1. The molecule has 1 aromatic carbocycles. The second-order valence-corrected chi connectivity index (χ2v) is 5.89. The van der Waals surface area contributed by atoms with E-state index >= 15 is 0 Å². The van der Waals surface area contributed by atoms with Gasteiger partial charge < -0.3 is 9.64 Å². The Hall–Kier alpha value is -1.18. The molecule has 0 aliphatic carbocycles. The third-order valence-corrected chi connectivity index (χ3v) is 3.69. The predicted octanol–water partition coefficient (Wildman–Crippen LogP) is 4.15. The summed E-state index contributed by atoms with van der Waals surface area (Å²) in [5.41, 5.74) is 4.10. The topological polar surface area (TPSA) is 12.5 Å². The van der Waals surface area contributed by atoms with Crippen molar-refractivity contribution in [1.82, 2.24) is 0 Å². The lowest BCUT2D eigenvalue weighted by Crippen LogP contribution is -2.19. The van der Waals surface area contributed by atoms with Crippen LogP contribution in [0, 0.1) is 0 Å². The van der Waals surface area contributed by atoms with Gasteiger partial charge in [0, 0.05) is 13.6 Å². The molecule has 1 aromatic rings. The Labute approximate surface area is 111 Å². The Balaban J connectivity index is 2.58. The Kier molecular flexibility index (Phi) is 3.84. The van der Waals surface area contributed by atoms with Gasteiger partial charge in [0.2, 0.25) is 0 Å². The predicted molar refractivity (Wildman–Crippen MR) is 78.0 cm³/mol. The van der Waals surface area contributed by atoms with E-state index < -0.39 is 0 Å². The highest BCUT2D eigenvalue weighted by Gasteiger charge is 2.21. The molecule has 0 aromatic heterocycles. The molecule has 0 unspecified atom stereocenters. The molecule has 18 heavy (non-hydrogen) atoms. The van der Waals surface area contributed by atoms with E-state index in [1.807, 2.05) is 0 Å². The lowest BCUT2D eigenvalue weighted by Gasteiger charge is -2.25. The van der Waals surface area contributed by atoms with Crippen LogP contribution in [0.25, 0.3) is 0 Å². The van der Waals surface area contributed by atoms with Crippen LogP contribution in [0.5, 0.6) is 5.75 Å². The fourth-order valence-corrected chi connectivity index (χ4v) is 2.54. The zero-order valence-corrected chi connectivity index (χ0v) is 12.3. The van der Waals surface area contributed by atoms with Crippen LogP contribution in [0.15, 0.2) is 12.1 Å². The zero-order chi connectivity index (χ0) is 13.3. The van der Waals surface area contributed by atoms with Gasteiger partial charge in [-0.2, -0.15) is 0 Å². The molecular formula is C16H25NO. The molecule has 0 spiro atoms. The SMILES string of the molecule is CC(C)c1cc2c(c(C(C)C)c1)N(C)CCCO2. The Bertz CT molecular complexity index is 423. The van der Waals surface area contributed by atoms with E-state index in [-0.39, 0.29) is 0 Å². The van der Waals surface area contributed by atoms with E-state index in [1.54, 1.807) is 0 Å². The van der Waals surface area contributed by atoms with Crippen LogP contribution in [0.3, 0.4) is 0 Å². The quantitative estimate of drug-likeness (QED) is 0.778. The monoisotopic (exact) mass is 247 g/mol. The smallest absolute Gasteiger partial charge is 0.143 e.